The Hall–Kier alpha value is -2.83. The molecule has 2 aromatic rings. The predicted octanol–water partition coefficient (Wildman–Crippen LogP) is 3.54. The molecule has 0 radical (unpaired) electrons. The van der Waals surface area contributed by atoms with Crippen molar-refractivity contribution in [3.05, 3.63) is 65.2 Å². The maximum Gasteiger partial charge on any atom is 0.417 e. The third-order valence-electron chi connectivity index (χ3n) is 3.27. The molecule has 1 amide bonds. The summed E-state index contributed by atoms with van der Waals surface area (Å²) in [6.45, 7) is 0. The lowest BCUT2D eigenvalue weighted by Gasteiger charge is -2.12. The van der Waals surface area contributed by atoms with E-state index in [1.165, 1.54) is 18.3 Å². The number of hydrazone groups is 1. The minimum absolute atomic E-state index is 0.467. The van der Waals surface area contributed by atoms with Crippen LogP contribution in [-0.2, 0) is 6.18 Å². The lowest BCUT2D eigenvalue weighted by atomic mass is 10.1. The second-order valence-corrected chi connectivity index (χ2v) is 5.23. The van der Waals surface area contributed by atoms with Crippen molar-refractivity contribution in [2.45, 2.75) is 6.18 Å². The molecule has 2 aromatic carbocycles. The van der Waals surface area contributed by atoms with Crippen LogP contribution >= 0.6 is 0 Å². The molecule has 0 aliphatic rings. The Kier molecular flexibility index (Phi) is 5.23. The van der Waals surface area contributed by atoms with E-state index in [0.29, 0.717) is 5.56 Å². The van der Waals surface area contributed by atoms with Gasteiger partial charge in [0.25, 0.3) is 5.91 Å². The number of rotatable bonds is 4. The highest BCUT2D eigenvalue weighted by molar-refractivity contribution is 5.96. The smallest absolute Gasteiger partial charge is 0.378 e. The second-order valence-electron chi connectivity index (χ2n) is 5.23. The highest BCUT2D eigenvalue weighted by atomic mass is 19.4. The van der Waals surface area contributed by atoms with Gasteiger partial charge in [-0.1, -0.05) is 24.3 Å². The summed E-state index contributed by atoms with van der Waals surface area (Å²) in [6, 6.07) is 11.9. The van der Waals surface area contributed by atoms with Gasteiger partial charge in [0, 0.05) is 19.8 Å². The zero-order valence-electron chi connectivity index (χ0n) is 13.1. The van der Waals surface area contributed by atoms with Gasteiger partial charge in [-0.25, -0.2) is 5.43 Å². The first-order chi connectivity index (χ1) is 11.3. The molecule has 0 bridgehead atoms. The summed E-state index contributed by atoms with van der Waals surface area (Å²) in [4.78, 5) is 13.8. The topological polar surface area (TPSA) is 44.7 Å². The number of carbonyl (C=O) groups is 1. The standard InChI is InChI=1S/C17H16F3N3O/c1-23(2)13-9-7-12(8-10-13)11-21-22-16(24)14-5-3-4-6-15(14)17(18,19)20/h3-11H,1-2H3,(H,22,24)/b21-11+. The van der Waals surface area contributed by atoms with Gasteiger partial charge in [0.05, 0.1) is 17.3 Å². The van der Waals surface area contributed by atoms with Crippen LogP contribution in [0.15, 0.2) is 53.6 Å². The van der Waals surface area contributed by atoms with Gasteiger partial charge in [0.1, 0.15) is 0 Å². The number of alkyl halides is 3. The molecule has 0 aromatic heterocycles. The number of halogens is 3. The SMILES string of the molecule is CN(C)c1ccc(/C=N/NC(=O)c2ccccc2C(F)(F)F)cc1. The van der Waals surface area contributed by atoms with Crippen LogP contribution in [0.4, 0.5) is 18.9 Å². The number of nitrogens with one attached hydrogen (secondary N) is 1. The van der Waals surface area contributed by atoms with Crippen LogP contribution < -0.4 is 10.3 Å². The normalized spacial score (nSPS) is 11.5. The zero-order chi connectivity index (χ0) is 17.7. The Bertz CT molecular complexity index is 737. The second kappa shape index (κ2) is 7.16. The van der Waals surface area contributed by atoms with Crippen molar-refractivity contribution < 1.29 is 18.0 Å². The van der Waals surface area contributed by atoms with E-state index in [0.717, 1.165) is 17.8 Å². The third kappa shape index (κ3) is 4.34. The van der Waals surface area contributed by atoms with Crippen molar-refractivity contribution in [2.75, 3.05) is 19.0 Å². The fourth-order valence-corrected chi connectivity index (χ4v) is 2.01. The number of benzene rings is 2. The molecule has 1 N–H and O–H groups in total. The molecule has 24 heavy (non-hydrogen) atoms. The average Bonchev–Trinajstić information content (AvgIpc) is 2.54. The first-order valence-electron chi connectivity index (χ1n) is 7.06. The Morgan fingerprint density at radius 2 is 1.71 bits per heavy atom. The Labute approximate surface area is 137 Å². The fraction of sp³-hybridized carbons (Fsp3) is 0.176. The molecular formula is C17H16F3N3O. The van der Waals surface area contributed by atoms with Crippen LogP contribution in [0.3, 0.4) is 0 Å². The van der Waals surface area contributed by atoms with Crippen LogP contribution in [0.1, 0.15) is 21.5 Å². The molecule has 0 atom stereocenters. The van der Waals surface area contributed by atoms with Crippen molar-refractivity contribution in [1.29, 1.82) is 0 Å². The number of anilines is 1. The van der Waals surface area contributed by atoms with Gasteiger partial charge >= 0.3 is 6.18 Å². The molecule has 0 saturated carbocycles. The van der Waals surface area contributed by atoms with Gasteiger partial charge in [0.2, 0.25) is 0 Å². The van der Waals surface area contributed by atoms with Crippen molar-refractivity contribution in [1.82, 2.24) is 5.43 Å². The highest BCUT2D eigenvalue weighted by Crippen LogP contribution is 2.31. The molecule has 126 valence electrons. The van der Waals surface area contributed by atoms with E-state index in [1.807, 2.05) is 31.1 Å². The lowest BCUT2D eigenvalue weighted by Crippen LogP contribution is -2.22. The van der Waals surface area contributed by atoms with Crippen LogP contribution in [0.25, 0.3) is 0 Å². The van der Waals surface area contributed by atoms with Crippen molar-refractivity contribution in [2.24, 2.45) is 5.10 Å². The maximum atomic E-state index is 12.9. The lowest BCUT2D eigenvalue weighted by molar-refractivity contribution is -0.137. The summed E-state index contributed by atoms with van der Waals surface area (Å²) < 4.78 is 38.6. The quantitative estimate of drug-likeness (QED) is 0.686. The monoisotopic (exact) mass is 335 g/mol. The number of hydrogen-bond donors (Lipinski definition) is 1. The van der Waals surface area contributed by atoms with Crippen LogP contribution in [-0.4, -0.2) is 26.2 Å². The minimum Gasteiger partial charge on any atom is -0.378 e. The first-order valence-corrected chi connectivity index (χ1v) is 7.06. The van der Waals surface area contributed by atoms with Gasteiger partial charge in [-0.3, -0.25) is 4.79 Å². The van der Waals surface area contributed by atoms with E-state index in [9.17, 15) is 18.0 Å². The van der Waals surface area contributed by atoms with E-state index >= 15 is 0 Å². The first kappa shape index (κ1) is 17.5. The molecule has 7 heteroatoms. The van der Waals surface area contributed by atoms with Gasteiger partial charge in [-0.15, -0.1) is 0 Å². The summed E-state index contributed by atoms with van der Waals surface area (Å²) in [5.41, 5.74) is 2.37. The van der Waals surface area contributed by atoms with Gasteiger partial charge in [0.15, 0.2) is 0 Å². The fourth-order valence-electron chi connectivity index (χ4n) is 2.01. The zero-order valence-corrected chi connectivity index (χ0v) is 13.1. The van der Waals surface area contributed by atoms with E-state index in [1.54, 1.807) is 12.1 Å². The van der Waals surface area contributed by atoms with Gasteiger partial charge < -0.3 is 4.90 Å². The van der Waals surface area contributed by atoms with Crippen LogP contribution in [0.2, 0.25) is 0 Å². The van der Waals surface area contributed by atoms with Crippen LogP contribution in [0.5, 0.6) is 0 Å². The summed E-state index contributed by atoms with van der Waals surface area (Å²) >= 11 is 0. The predicted molar refractivity (Wildman–Crippen MR) is 87.3 cm³/mol. The molecule has 0 aliphatic heterocycles. The summed E-state index contributed by atoms with van der Waals surface area (Å²) in [6.07, 6.45) is -3.23. The van der Waals surface area contributed by atoms with Crippen molar-refractivity contribution in [3.63, 3.8) is 0 Å². The molecule has 2 rings (SSSR count). The minimum atomic E-state index is -4.60. The Morgan fingerprint density at radius 1 is 1.08 bits per heavy atom. The molecule has 4 nitrogen and oxygen atoms in total. The maximum absolute atomic E-state index is 12.9. The van der Waals surface area contributed by atoms with E-state index in [2.05, 4.69) is 10.5 Å². The summed E-state index contributed by atoms with van der Waals surface area (Å²) in [5.74, 6) is -0.913. The number of amides is 1. The van der Waals surface area contributed by atoms with Gasteiger partial charge in [-0.05, 0) is 29.8 Å². The van der Waals surface area contributed by atoms with Crippen LogP contribution in [0, 0.1) is 0 Å². The highest BCUT2D eigenvalue weighted by Gasteiger charge is 2.34. The largest absolute Gasteiger partial charge is 0.417 e. The van der Waals surface area contributed by atoms with E-state index in [4.69, 9.17) is 0 Å². The molecule has 0 aliphatic carbocycles. The van der Waals surface area contributed by atoms with E-state index in [-0.39, 0.29) is 0 Å². The summed E-state index contributed by atoms with van der Waals surface area (Å²) in [5, 5.41) is 3.71. The molecule has 0 saturated heterocycles. The van der Waals surface area contributed by atoms with Crippen molar-refractivity contribution >= 4 is 17.8 Å². The Balaban J connectivity index is 2.08. The number of nitrogens with zero attached hydrogens (tertiary/aromatic N) is 2. The molecule has 0 spiro atoms. The Morgan fingerprint density at radius 3 is 2.29 bits per heavy atom. The average molecular weight is 335 g/mol. The molecule has 0 unspecified atom stereocenters. The summed E-state index contributed by atoms with van der Waals surface area (Å²) in [7, 11) is 3.81. The number of hydrogen-bond acceptors (Lipinski definition) is 3. The van der Waals surface area contributed by atoms with Gasteiger partial charge in [-0.2, -0.15) is 18.3 Å². The van der Waals surface area contributed by atoms with E-state index < -0.39 is 23.2 Å². The molecule has 0 heterocycles. The number of carbonyl (C=O) groups excluding carboxylic acids is 1. The molecular weight excluding hydrogens is 319 g/mol. The molecule has 0 fully saturated rings. The van der Waals surface area contributed by atoms with Crippen molar-refractivity contribution in [3.8, 4) is 0 Å². The third-order valence-corrected chi connectivity index (χ3v) is 3.27.